The van der Waals surface area contributed by atoms with Crippen LogP contribution in [0.1, 0.15) is 32.2 Å². The number of ether oxygens (including phenoxy) is 2. The van der Waals surface area contributed by atoms with Crippen molar-refractivity contribution < 1.29 is 27.9 Å². The lowest BCUT2D eigenvalue weighted by Gasteiger charge is -2.08. The molecule has 0 saturated carbocycles. The van der Waals surface area contributed by atoms with Gasteiger partial charge in [-0.1, -0.05) is 15.9 Å². The van der Waals surface area contributed by atoms with Crippen molar-refractivity contribution in [2.75, 3.05) is 19.5 Å². The van der Waals surface area contributed by atoms with Crippen LogP contribution in [0.5, 0.6) is 11.5 Å². The van der Waals surface area contributed by atoms with E-state index in [1.807, 2.05) is 19.1 Å². The van der Waals surface area contributed by atoms with Crippen LogP contribution in [0.4, 0.5) is 5.69 Å². The SMILES string of the molecule is COc1ccc(OC)c(C(=O)c2oc3cc(NC(=O)c4cc5cc(Br)ccc5o4)ccc3c2C)c1. The third-order valence-corrected chi connectivity index (χ3v) is 6.25. The molecule has 2 heterocycles. The van der Waals surface area contributed by atoms with E-state index in [0.717, 1.165) is 15.2 Å². The van der Waals surface area contributed by atoms with E-state index in [1.54, 1.807) is 48.5 Å². The maximum Gasteiger partial charge on any atom is 0.291 e. The summed E-state index contributed by atoms with van der Waals surface area (Å²) in [6.07, 6.45) is 0. The molecule has 0 saturated heterocycles. The van der Waals surface area contributed by atoms with Gasteiger partial charge < -0.3 is 23.6 Å². The molecule has 5 rings (SSSR count). The predicted octanol–water partition coefficient (Wildman–Crippen LogP) is 6.75. The number of anilines is 1. The van der Waals surface area contributed by atoms with E-state index < -0.39 is 5.91 Å². The zero-order chi connectivity index (χ0) is 24.7. The van der Waals surface area contributed by atoms with Crippen molar-refractivity contribution in [1.82, 2.24) is 0 Å². The molecule has 0 unspecified atom stereocenters. The second kappa shape index (κ2) is 8.96. The Labute approximate surface area is 208 Å². The van der Waals surface area contributed by atoms with Crippen molar-refractivity contribution in [3.63, 3.8) is 0 Å². The third-order valence-electron chi connectivity index (χ3n) is 5.76. The Hall–Kier alpha value is -4.04. The number of fused-ring (bicyclic) bond motifs is 2. The molecule has 0 spiro atoms. The van der Waals surface area contributed by atoms with Crippen molar-refractivity contribution in [3.8, 4) is 11.5 Å². The van der Waals surface area contributed by atoms with Gasteiger partial charge in [-0.05, 0) is 61.5 Å². The van der Waals surface area contributed by atoms with Crippen LogP contribution in [0.25, 0.3) is 21.9 Å². The Bertz CT molecular complexity index is 1610. The van der Waals surface area contributed by atoms with Crippen molar-refractivity contribution >= 4 is 55.2 Å². The number of rotatable bonds is 6. The molecule has 0 radical (unpaired) electrons. The lowest BCUT2D eigenvalue weighted by atomic mass is 10.0. The van der Waals surface area contributed by atoms with E-state index in [-0.39, 0.29) is 17.3 Å². The number of halogens is 1. The third kappa shape index (κ3) is 4.17. The maximum atomic E-state index is 13.3. The Balaban J connectivity index is 1.45. The van der Waals surface area contributed by atoms with Crippen LogP contribution >= 0.6 is 15.9 Å². The van der Waals surface area contributed by atoms with Gasteiger partial charge in [0, 0.05) is 32.6 Å². The summed E-state index contributed by atoms with van der Waals surface area (Å²) in [4.78, 5) is 26.1. The molecule has 0 bridgehead atoms. The van der Waals surface area contributed by atoms with E-state index in [1.165, 1.54) is 14.2 Å². The monoisotopic (exact) mass is 533 g/mol. The van der Waals surface area contributed by atoms with Crippen molar-refractivity contribution in [3.05, 3.63) is 87.8 Å². The van der Waals surface area contributed by atoms with Gasteiger partial charge in [-0.25, -0.2) is 0 Å². The first-order valence-corrected chi connectivity index (χ1v) is 11.5. The lowest BCUT2D eigenvalue weighted by molar-refractivity contribution is 0.0994. The molecular formula is C27H20BrNO6. The van der Waals surface area contributed by atoms with Gasteiger partial charge in [0.25, 0.3) is 5.91 Å². The van der Waals surface area contributed by atoms with E-state index in [2.05, 4.69) is 21.2 Å². The number of amides is 1. The molecule has 3 aromatic carbocycles. The fourth-order valence-electron chi connectivity index (χ4n) is 3.95. The first-order valence-electron chi connectivity index (χ1n) is 10.7. The second-order valence-electron chi connectivity index (χ2n) is 7.91. The second-order valence-corrected chi connectivity index (χ2v) is 8.83. The summed E-state index contributed by atoms with van der Waals surface area (Å²) in [5.74, 6) is 0.617. The summed E-state index contributed by atoms with van der Waals surface area (Å²) in [6.45, 7) is 1.82. The number of hydrogen-bond acceptors (Lipinski definition) is 6. The summed E-state index contributed by atoms with van der Waals surface area (Å²) in [6, 6.07) is 17.5. The summed E-state index contributed by atoms with van der Waals surface area (Å²) < 4.78 is 23.1. The lowest BCUT2D eigenvalue weighted by Crippen LogP contribution is -2.10. The van der Waals surface area contributed by atoms with Crippen LogP contribution in [0.2, 0.25) is 0 Å². The molecule has 5 aromatic rings. The van der Waals surface area contributed by atoms with E-state index in [4.69, 9.17) is 18.3 Å². The average molecular weight is 534 g/mol. The zero-order valence-electron chi connectivity index (χ0n) is 19.1. The standard InChI is InChI=1S/C27H20BrNO6/c1-14-19-7-5-17(29-27(31)24-11-15-10-16(28)4-8-21(15)34-24)12-23(19)35-26(14)25(30)20-13-18(32-2)6-9-22(20)33-3/h4-13H,1-3H3,(H,29,31). The van der Waals surface area contributed by atoms with Crippen molar-refractivity contribution in [1.29, 1.82) is 0 Å². The first-order chi connectivity index (χ1) is 16.9. The van der Waals surface area contributed by atoms with Gasteiger partial charge >= 0.3 is 0 Å². The van der Waals surface area contributed by atoms with Gasteiger partial charge in [-0.3, -0.25) is 9.59 Å². The van der Waals surface area contributed by atoms with Crippen LogP contribution in [0.15, 0.2) is 74.0 Å². The molecular weight excluding hydrogens is 514 g/mol. The number of carbonyl (C=O) groups is 2. The van der Waals surface area contributed by atoms with Gasteiger partial charge in [-0.15, -0.1) is 0 Å². The fraction of sp³-hybridized carbons (Fsp3) is 0.111. The van der Waals surface area contributed by atoms with Gasteiger partial charge in [0.05, 0.1) is 19.8 Å². The van der Waals surface area contributed by atoms with Crippen LogP contribution in [-0.4, -0.2) is 25.9 Å². The van der Waals surface area contributed by atoms with Gasteiger partial charge in [0.15, 0.2) is 11.5 Å². The number of methoxy groups -OCH3 is 2. The quantitative estimate of drug-likeness (QED) is 0.243. The molecule has 0 fully saturated rings. The highest BCUT2D eigenvalue weighted by Gasteiger charge is 2.23. The summed E-state index contributed by atoms with van der Waals surface area (Å²) in [5.41, 5.74) is 2.62. The Morgan fingerprint density at radius 2 is 1.71 bits per heavy atom. The summed E-state index contributed by atoms with van der Waals surface area (Å²) in [5, 5.41) is 4.41. The predicted molar refractivity (Wildman–Crippen MR) is 136 cm³/mol. The molecule has 0 aliphatic heterocycles. The normalized spacial score (nSPS) is 11.1. The fourth-order valence-corrected chi connectivity index (χ4v) is 4.33. The Morgan fingerprint density at radius 3 is 2.49 bits per heavy atom. The number of furan rings is 2. The molecule has 176 valence electrons. The number of benzene rings is 3. The number of aryl methyl sites for hydroxylation is 1. The summed E-state index contributed by atoms with van der Waals surface area (Å²) >= 11 is 3.41. The van der Waals surface area contributed by atoms with Crippen molar-refractivity contribution in [2.24, 2.45) is 0 Å². The Kier molecular flexibility index (Phi) is 5.82. The highest BCUT2D eigenvalue weighted by atomic mass is 79.9. The molecule has 7 nitrogen and oxygen atoms in total. The zero-order valence-corrected chi connectivity index (χ0v) is 20.7. The van der Waals surface area contributed by atoms with Crippen LogP contribution in [0, 0.1) is 6.92 Å². The number of nitrogens with one attached hydrogen (secondary N) is 1. The van der Waals surface area contributed by atoms with E-state index in [9.17, 15) is 9.59 Å². The largest absolute Gasteiger partial charge is 0.497 e. The minimum absolute atomic E-state index is 0.190. The number of hydrogen-bond donors (Lipinski definition) is 1. The highest BCUT2D eigenvalue weighted by Crippen LogP contribution is 2.33. The van der Waals surface area contributed by atoms with E-state index >= 15 is 0 Å². The summed E-state index contributed by atoms with van der Waals surface area (Å²) in [7, 11) is 3.03. The van der Waals surface area contributed by atoms with E-state index in [0.29, 0.717) is 39.5 Å². The van der Waals surface area contributed by atoms with Crippen LogP contribution in [0.3, 0.4) is 0 Å². The Morgan fingerprint density at radius 1 is 0.886 bits per heavy atom. The minimum atomic E-state index is -0.391. The molecule has 35 heavy (non-hydrogen) atoms. The number of carbonyl (C=O) groups excluding carboxylic acids is 2. The van der Waals surface area contributed by atoms with Gasteiger partial charge in [0.1, 0.15) is 22.7 Å². The molecule has 0 aliphatic rings. The van der Waals surface area contributed by atoms with Crippen LogP contribution < -0.4 is 14.8 Å². The molecule has 8 heteroatoms. The molecule has 1 N–H and O–H groups in total. The molecule has 0 aliphatic carbocycles. The average Bonchev–Trinajstić information content (AvgIpc) is 3.43. The topological polar surface area (TPSA) is 90.9 Å². The molecule has 1 amide bonds. The van der Waals surface area contributed by atoms with Crippen LogP contribution in [-0.2, 0) is 0 Å². The molecule has 2 aromatic heterocycles. The number of ketones is 1. The minimum Gasteiger partial charge on any atom is -0.497 e. The maximum absolute atomic E-state index is 13.3. The first kappa shape index (κ1) is 22.7. The van der Waals surface area contributed by atoms with Gasteiger partial charge in [0.2, 0.25) is 5.78 Å². The highest BCUT2D eigenvalue weighted by molar-refractivity contribution is 9.10. The van der Waals surface area contributed by atoms with Gasteiger partial charge in [-0.2, -0.15) is 0 Å². The van der Waals surface area contributed by atoms with Crippen molar-refractivity contribution in [2.45, 2.75) is 6.92 Å². The molecule has 0 atom stereocenters. The smallest absolute Gasteiger partial charge is 0.291 e.